The van der Waals surface area contributed by atoms with E-state index in [0.29, 0.717) is 19.5 Å². The minimum atomic E-state index is -4.43. The Balaban J connectivity index is 1.45. The van der Waals surface area contributed by atoms with Gasteiger partial charge in [-0.1, -0.05) is 30.3 Å². The van der Waals surface area contributed by atoms with Crippen molar-refractivity contribution in [2.75, 3.05) is 18.0 Å². The number of alkyl halides is 3. The summed E-state index contributed by atoms with van der Waals surface area (Å²) in [4.78, 5) is 5.88. The number of hydrogen-bond acceptors (Lipinski definition) is 5. The third kappa shape index (κ3) is 4.87. The summed E-state index contributed by atoms with van der Waals surface area (Å²) in [5.74, 6) is 0.161. The van der Waals surface area contributed by atoms with Gasteiger partial charge in [0.2, 0.25) is 5.88 Å². The van der Waals surface area contributed by atoms with Gasteiger partial charge < -0.3 is 19.8 Å². The van der Waals surface area contributed by atoms with Crippen molar-refractivity contribution in [2.24, 2.45) is 0 Å². The molecule has 1 fully saturated rings. The van der Waals surface area contributed by atoms with Crippen molar-refractivity contribution >= 4 is 5.69 Å². The first-order valence-electron chi connectivity index (χ1n) is 10.3. The molecule has 4 rings (SSSR count). The van der Waals surface area contributed by atoms with E-state index in [1.54, 1.807) is 0 Å². The fraction of sp³-hybridized carbons (Fsp3) is 0.292. The summed E-state index contributed by atoms with van der Waals surface area (Å²) in [5, 5.41) is 19.1. The first kappa shape index (κ1) is 22.1. The fourth-order valence-corrected chi connectivity index (χ4v) is 3.83. The van der Waals surface area contributed by atoms with Crippen LogP contribution in [0.2, 0.25) is 0 Å². The first-order chi connectivity index (χ1) is 15.4. The zero-order valence-corrected chi connectivity index (χ0v) is 17.2. The predicted octanol–water partition coefficient (Wildman–Crippen LogP) is 4.41. The van der Waals surface area contributed by atoms with Crippen molar-refractivity contribution in [2.45, 2.75) is 31.9 Å². The molecule has 2 N–H and O–H groups in total. The molecule has 3 aromatic rings. The van der Waals surface area contributed by atoms with Crippen molar-refractivity contribution in [1.82, 2.24) is 4.98 Å². The quantitative estimate of drug-likeness (QED) is 0.590. The van der Waals surface area contributed by atoms with Gasteiger partial charge in [0.1, 0.15) is 6.10 Å². The molecule has 1 aromatic heterocycles. The highest BCUT2D eigenvalue weighted by atomic mass is 19.4. The Morgan fingerprint density at radius 2 is 1.72 bits per heavy atom. The van der Waals surface area contributed by atoms with Gasteiger partial charge in [-0.05, 0) is 34.9 Å². The number of nitrogens with zero attached hydrogens (tertiary/aromatic N) is 2. The van der Waals surface area contributed by atoms with Crippen molar-refractivity contribution in [1.29, 1.82) is 0 Å². The summed E-state index contributed by atoms with van der Waals surface area (Å²) in [5.41, 5.74) is 3.65. The lowest BCUT2D eigenvalue weighted by Crippen LogP contribution is -2.25. The maximum atomic E-state index is 12.7. The van der Waals surface area contributed by atoms with Gasteiger partial charge in [0.05, 0.1) is 25.3 Å². The molecular weight excluding hydrogens is 421 g/mol. The Morgan fingerprint density at radius 1 is 0.969 bits per heavy atom. The molecule has 0 spiro atoms. The Morgan fingerprint density at radius 3 is 2.34 bits per heavy atom. The number of aromatic nitrogens is 1. The summed E-state index contributed by atoms with van der Waals surface area (Å²) in [6.45, 7) is 1.10. The van der Waals surface area contributed by atoms with E-state index in [2.05, 4.69) is 9.88 Å². The predicted molar refractivity (Wildman–Crippen MR) is 114 cm³/mol. The zero-order valence-electron chi connectivity index (χ0n) is 17.2. The van der Waals surface area contributed by atoms with Crippen LogP contribution in [0.15, 0.2) is 60.8 Å². The number of rotatable bonds is 6. The van der Waals surface area contributed by atoms with Crippen LogP contribution in [0.4, 0.5) is 18.9 Å². The highest BCUT2D eigenvalue weighted by Gasteiger charge is 2.31. The van der Waals surface area contributed by atoms with E-state index in [1.807, 2.05) is 42.5 Å². The van der Waals surface area contributed by atoms with Crippen molar-refractivity contribution < 1.29 is 28.1 Å². The van der Waals surface area contributed by atoms with Gasteiger partial charge in [-0.25, -0.2) is 4.98 Å². The van der Waals surface area contributed by atoms with E-state index < -0.39 is 11.7 Å². The number of benzene rings is 2. The molecular formula is C24H23F3N2O3. The monoisotopic (exact) mass is 444 g/mol. The lowest BCUT2D eigenvalue weighted by Gasteiger charge is -2.22. The van der Waals surface area contributed by atoms with E-state index >= 15 is 0 Å². The van der Waals surface area contributed by atoms with Crippen molar-refractivity contribution in [3.8, 4) is 17.0 Å². The molecule has 2 heterocycles. The van der Waals surface area contributed by atoms with E-state index in [0.717, 1.165) is 40.2 Å². The second kappa shape index (κ2) is 9.18. The van der Waals surface area contributed by atoms with E-state index in [9.17, 15) is 23.4 Å². The van der Waals surface area contributed by atoms with Crippen LogP contribution in [0.25, 0.3) is 11.1 Å². The number of anilines is 1. The summed E-state index contributed by atoms with van der Waals surface area (Å²) in [6.07, 6.45) is -3.17. The van der Waals surface area contributed by atoms with E-state index in [-0.39, 0.29) is 25.2 Å². The van der Waals surface area contributed by atoms with Gasteiger partial charge in [0, 0.05) is 36.5 Å². The molecule has 1 aliphatic rings. The van der Waals surface area contributed by atoms with Gasteiger partial charge in [-0.2, -0.15) is 13.2 Å². The molecule has 0 bridgehead atoms. The molecule has 0 radical (unpaired) electrons. The fourth-order valence-electron chi connectivity index (χ4n) is 3.83. The number of aliphatic hydroxyl groups is 2. The lowest BCUT2D eigenvalue weighted by atomic mass is 10.0. The maximum Gasteiger partial charge on any atom is 0.417 e. The summed E-state index contributed by atoms with van der Waals surface area (Å²) in [6, 6.07) is 15.7. The van der Waals surface area contributed by atoms with Crippen molar-refractivity contribution in [3.05, 3.63) is 77.5 Å². The first-order valence-corrected chi connectivity index (χ1v) is 10.3. The largest absolute Gasteiger partial charge is 0.472 e. The molecule has 0 aliphatic carbocycles. The van der Waals surface area contributed by atoms with Gasteiger partial charge in [-0.3, -0.25) is 0 Å². The topological polar surface area (TPSA) is 65.8 Å². The van der Waals surface area contributed by atoms with Crippen LogP contribution in [-0.2, 0) is 19.4 Å². The average molecular weight is 444 g/mol. The van der Waals surface area contributed by atoms with Gasteiger partial charge in [-0.15, -0.1) is 0 Å². The maximum absolute atomic E-state index is 12.7. The molecule has 1 atom stereocenters. The molecule has 1 aliphatic heterocycles. The molecule has 0 unspecified atom stereocenters. The number of ether oxygens (including phenoxy) is 1. The molecule has 8 heteroatoms. The molecule has 168 valence electrons. The molecule has 2 aromatic carbocycles. The summed E-state index contributed by atoms with van der Waals surface area (Å²) >= 11 is 0. The number of pyridine rings is 1. The summed E-state index contributed by atoms with van der Waals surface area (Å²) < 4.78 is 43.8. The van der Waals surface area contributed by atoms with Crippen LogP contribution < -0.4 is 9.64 Å². The minimum absolute atomic E-state index is 0.0126. The third-order valence-corrected chi connectivity index (χ3v) is 5.56. The Labute approximate surface area is 183 Å². The minimum Gasteiger partial charge on any atom is -0.472 e. The van der Waals surface area contributed by atoms with Crippen LogP contribution >= 0.6 is 0 Å². The Hall–Kier alpha value is -3.10. The van der Waals surface area contributed by atoms with Gasteiger partial charge in [0.25, 0.3) is 0 Å². The van der Waals surface area contributed by atoms with Crippen LogP contribution in [0.1, 0.15) is 23.1 Å². The standard InChI is InChI=1S/C24H23F3N2O3/c25-24(26,27)20-6-8-23(28-12-20)32-21-9-10-29(13-21)22-7-5-18(11-19(22)15-31)17-3-1-16(14-30)2-4-17/h1-8,11-12,21,30-31H,9-10,13-15H2/t21-/m0/s1. The van der Waals surface area contributed by atoms with Crippen LogP contribution in [0.5, 0.6) is 5.88 Å². The van der Waals surface area contributed by atoms with Crippen LogP contribution in [0, 0.1) is 0 Å². The Bertz CT molecular complexity index is 1050. The SMILES string of the molecule is OCc1ccc(-c2ccc(N3CC[C@H](Oc4ccc(C(F)(F)F)cn4)C3)c(CO)c2)cc1. The van der Waals surface area contributed by atoms with E-state index in [4.69, 9.17) is 4.74 Å². The number of aliphatic hydroxyl groups excluding tert-OH is 2. The van der Waals surface area contributed by atoms with Gasteiger partial charge in [0.15, 0.2) is 0 Å². The second-order valence-corrected chi connectivity index (χ2v) is 7.71. The smallest absolute Gasteiger partial charge is 0.417 e. The average Bonchev–Trinajstić information content (AvgIpc) is 3.26. The summed E-state index contributed by atoms with van der Waals surface area (Å²) in [7, 11) is 0. The van der Waals surface area contributed by atoms with Gasteiger partial charge >= 0.3 is 6.18 Å². The van der Waals surface area contributed by atoms with Crippen LogP contribution in [-0.4, -0.2) is 34.4 Å². The number of halogens is 3. The highest BCUT2D eigenvalue weighted by molar-refractivity contribution is 5.69. The normalized spacial score (nSPS) is 16.4. The van der Waals surface area contributed by atoms with E-state index in [1.165, 1.54) is 6.07 Å². The molecule has 0 amide bonds. The highest BCUT2D eigenvalue weighted by Crippen LogP contribution is 2.32. The van der Waals surface area contributed by atoms with Crippen molar-refractivity contribution in [3.63, 3.8) is 0 Å². The van der Waals surface area contributed by atoms with Crippen LogP contribution in [0.3, 0.4) is 0 Å². The second-order valence-electron chi connectivity index (χ2n) is 7.71. The number of hydrogen-bond donors (Lipinski definition) is 2. The molecule has 0 saturated carbocycles. The molecule has 32 heavy (non-hydrogen) atoms. The third-order valence-electron chi connectivity index (χ3n) is 5.56. The Kier molecular flexibility index (Phi) is 6.34. The molecule has 1 saturated heterocycles. The lowest BCUT2D eigenvalue weighted by molar-refractivity contribution is -0.137. The molecule has 5 nitrogen and oxygen atoms in total. The zero-order chi connectivity index (χ0) is 22.7.